The van der Waals surface area contributed by atoms with E-state index in [2.05, 4.69) is 10.5 Å². The second-order valence-corrected chi connectivity index (χ2v) is 5.21. The standard InChI is InChI=1S/C14H9Cl3N2O2/c15-11-5-4-9(6-10(11)14(20)21)19-18-7-8-2-1-3-12(16)13(8)17/h1-7,19H,(H,20,21)/b18-7+. The van der Waals surface area contributed by atoms with Crippen LogP contribution in [0.3, 0.4) is 0 Å². The number of rotatable bonds is 4. The fraction of sp³-hybridized carbons (Fsp3) is 0. The summed E-state index contributed by atoms with van der Waals surface area (Å²) in [6, 6.07) is 9.67. The molecule has 0 heterocycles. The monoisotopic (exact) mass is 342 g/mol. The summed E-state index contributed by atoms with van der Waals surface area (Å²) in [5.41, 5.74) is 3.84. The van der Waals surface area contributed by atoms with Gasteiger partial charge in [0.05, 0.1) is 32.5 Å². The lowest BCUT2D eigenvalue weighted by molar-refractivity contribution is 0.0697. The highest BCUT2D eigenvalue weighted by atomic mass is 35.5. The molecule has 0 aliphatic heterocycles. The summed E-state index contributed by atoms with van der Waals surface area (Å²) < 4.78 is 0. The largest absolute Gasteiger partial charge is 0.478 e. The number of anilines is 1. The number of nitrogens with zero attached hydrogens (tertiary/aromatic N) is 1. The van der Waals surface area contributed by atoms with Gasteiger partial charge in [0.25, 0.3) is 0 Å². The summed E-state index contributed by atoms with van der Waals surface area (Å²) in [7, 11) is 0. The van der Waals surface area contributed by atoms with Crippen molar-refractivity contribution in [3.8, 4) is 0 Å². The van der Waals surface area contributed by atoms with Gasteiger partial charge in [0.15, 0.2) is 0 Å². The van der Waals surface area contributed by atoms with Crippen molar-refractivity contribution in [1.29, 1.82) is 0 Å². The Morgan fingerprint density at radius 3 is 2.62 bits per heavy atom. The number of benzene rings is 2. The van der Waals surface area contributed by atoms with Gasteiger partial charge >= 0.3 is 5.97 Å². The third-order valence-corrected chi connectivity index (χ3v) is 3.74. The van der Waals surface area contributed by atoms with Crippen LogP contribution >= 0.6 is 34.8 Å². The van der Waals surface area contributed by atoms with Crippen LogP contribution in [0.15, 0.2) is 41.5 Å². The number of hydrogen-bond donors (Lipinski definition) is 2. The van der Waals surface area contributed by atoms with E-state index in [4.69, 9.17) is 39.9 Å². The molecule has 7 heteroatoms. The van der Waals surface area contributed by atoms with Crippen molar-refractivity contribution in [1.82, 2.24) is 0 Å². The Morgan fingerprint density at radius 1 is 1.14 bits per heavy atom. The molecule has 0 aliphatic carbocycles. The Bertz CT molecular complexity index is 717. The molecule has 2 aromatic carbocycles. The molecule has 2 aromatic rings. The highest BCUT2D eigenvalue weighted by Gasteiger charge is 2.09. The van der Waals surface area contributed by atoms with E-state index in [1.807, 2.05) is 0 Å². The third kappa shape index (κ3) is 3.88. The summed E-state index contributed by atoms with van der Waals surface area (Å²) >= 11 is 17.7. The second kappa shape index (κ2) is 6.80. The van der Waals surface area contributed by atoms with Crippen LogP contribution in [0.2, 0.25) is 15.1 Å². The van der Waals surface area contributed by atoms with E-state index in [1.54, 1.807) is 24.3 Å². The molecular formula is C14H9Cl3N2O2. The molecule has 0 aromatic heterocycles. The molecule has 0 saturated heterocycles. The molecule has 0 amide bonds. The molecule has 21 heavy (non-hydrogen) atoms. The van der Waals surface area contributed by atoms with Gasteiger partial charge in [-0.15, -0.1) is 0 Å². The number of carboxylic acids is 1. The van der Waals surface area contributed by atoms with Crippen molar-refractivity contribution in [2.24, 2.45) is 5.10 Å². The van der Waals surface area contributed by atoms with Gasteiger partial charge in [-0.1, -0.05) is 46.9 Å². The molecule has 2 N–H and O–H groups in total. The molecule has 108 valence electrons. The fourth-order valence-corrected chi connectivity index (χ4v) is 2.11. The first-order valence-corrected chi connectivity index (χ1v) is 6.88. The van der Waals surface area contributed by atoms with Crippen molar-refractivity contribution in [2.45, 2.75) is 0 Å². The number of nitrogens with one attached hydrogen (secondary N) is 1. The van der Waals surface area contributed by atoms with Crippen LogP contribution in [0.25, 0.3) is 0 Å². The fourth-order valence-electron chi connectivity index (χ4n) is 1.56. The Morgan fingerprint density at radius 2 is 1.90 bits per heavy atom. The highest BCUT2D eigenvalue weighted by Crippen LogP contribution is 2.24. The first kappa shape index (κ1) is 15.6. The summed E-state index contributed by atoms with van der Waals surface area (Å²) in [6.45, 7) is 0. The molecule has 0 bridgehead atoms. The predicted octanol–water partition coefficient (Wildman–Crippen LogP) is 4.79. The van der Waals surface area contributed by atoms with Crippen molar-refractivity contribution < 1.29 is 9.90 Å². The number of carboxylic acid groups (broad SMARTS) is 1. The maximum atomic E-state index is 11.0. The lowest BCUT2D eigenvalue weighted by Crippen LogP contribution is -1.99. The van der Waals surface area contributed by atoms with Crippen LogP contribution in [0.1, 0.15) is 15.9 Å². The van der Waals surface area contributed by atoms with Crippen molar-refractivity contribution >= 4 is 52.7 Å². The molecule has 0 aliphatic rings. The van der Waals surface area contributed by atoms with Crippen LogP contribution in [0.5, 0.6) is 0 Å². The van der Waals surface area contributed by atoms with E-state index in [9.17, 15) is 4.79 Å². The molecule has 0 spiro atoms. The van der Waals surface area contributed by atoms with E-state index >= 15 is 0 Å². The zero-order valence-electron chi connectivity index (χ0n) is 10.5. The Balaban J connectivity index is 2.16. The van der Waals surface area contributed by atoms with Crippen LogP contribution in [0.4, 0.5) is 5.69 Å². The minimum atomic E-state index is -1.11. The number of hydrogen-bond acceptors (Lipinski definition) is 3. The molecule has 4 nitrogen and oxygen atoms in total. The van der Waals surface area contributed by atoms with Gasteiger partial charge in [0, 0.05) is 5.56 Å². The smallest absolute Gasteiger partial charge is 0.337 e. The quantitative estimate of drug-likeness (QED) is 0.619. The minimum absolute atomic E-state index is 0.00217. The van der Waals surface area contributed by atoms with Crippen molar-refractivity contribution in [3.05, 3.63) is 62.6 Å². The lowest BCUT2D eigenvalue weighted by Gasteiger charge is -2.04. The summed E-state index contributed by atoms with van der Waals surface area (Å²) in [5.74, 6) is -1.11. The van der Waals surface area contributed by atoms with E-state index in [0.29, 0.717) is 21.3 Å². The first-order valence-electron chi connectivity index (χ1n) is 5.75. The molecule has 0 fully saturated rings. The van der Waals surface area contributed by atoms with E-state index in [0.717, 1.165) is 0 Å². The van der Waals surface area contributed by atoms with E-state index < -0.39 is 5.97 Å². The molecule has 2 rings (SSSR count). The van der Waals surface area contributed by atoms with Crippen molar-refractivity contribution in [3.63, 3.8) is 0 Å². The number of carbonyl (C=O) groups is 1. The van der Waals surface area contributed by atoms with Crippen LogP contribution in [-0.4, -0.2) is 17.3 Å². The molecule has 0 radical (unpaired) electrons. The average molecular weight is 344 g/mol. The topological polar surface area (TPSA) is 61.7 Å². The first-order chi connectivity index (χ1) is 9.99. The normalized spacial score (nSPS) is 10.8. The highest BCUT2D eigenvalue weighted by molar-refractivity contribution is 6.43. The van der Waals surface area contributed by atoms with Gasteiger partial charge < -0.3 is 5.11 Å². The van der Waals surface area contributed by atoms with Gasteiger partial charge in [-0.25, -0.2) is 4.79 Å². The summed E-state index contributed by atoms with van der Waals surface area (Å²) in [4.78, 5) is 11.0. The minimum Gasteiger partial charge on any atom is -0.478 e. The Hall–Kier alpha value is -1.75. The van der Waals surface area contributed by atoms with Crippen molar-refractivity contribution in [2.75, 3.05) is 5.43 Å². The van der Waals surface area contributed by atoms with E-state index in [-0.39, 0.29) is 10.6 Å². The lowest BCUT2D eigenvalue weighted by atomic mass is 10.2. The number of aromatic carboxylic acids is 1. The SMILES string of the molecule is O=C(O)c1cc(N/N=C/c2cccc(Cl)c2Cl)ccc1Cl. The zero-order valence-corrected chi connectivity index (χ0v) is 12.7. The van der Waals surface area contributed by atoms with Crippen LogP contribution in [-0.2, 0) is 0 Å². The summed E-state index contributed by atoms with van der Waals surface area (Å²) in [5, 5.41) is 14.0. The molecule has 0 unspecified atom stereocenters. The van der Waals surface area contributed by atoms with Crippen LogP contribution in [0, 0.1) is 0 Å². The van der Waals surface area contributed by atoms with Gasteiger partial charge in [0.2, 0.25) is 0 Å². The molecular weight excluding hydrogens is 335 g/mol. The maximum absolute atomic E-state index is 11.0. The summed E-state index contributed by atoms with van der Waals surface area (Å²) in [6.07, 6.45) is 1.49. The Kier molecular flexibility index (Phi) is 5.07. The van der Waals surface area contributed by atoms with Crippen LogP contribution < -0.4 is 5.43 Å². The third-order valence-electron chi connectivity index (χ3n) is 2.58. The van der Waals surface area contributed by atoms with E-state index in [1.165, 1.54) is 18.3 Å². The number of hydrazone groups is 1. The number of halogens is 3. The predicted molar refractivity (Wildman–Crippen MR) is 86.1 cm³/mol. The second-order valence-electron chi connectivity index (χ2n) is 4.01. The Labute approximate surface area is 135 Å². The average Bonchev–Trinajstić information content (AvgIpc) is 2.45. The van der Waals surface area contributed by atoms with Gasteiger partial charge in [0.1, 0.15) is 0 Å². The maximum Gasteiger partial charge on any atom is 0.337 e. The van der Waals surface area contributed by atoms with Gasteiger partial charge in [-0.2, -0.15) is 5.10 Å². The molecule has 0 atom stereocenters. The van der Waals surface area contributed by atoms with Gasteiger partial charge in [-0.05, 0) is 24.3 Å². The molecule has 0 saturated carbocycles. The van der Waals surface area contributed by atoms with Gasteiger partial charge in [-0.3, -0.25) is 5.43 Å². The zero-order chi connectivity index (χ0) is 15.4.